The number of amides is 1. The van der Waals surface area contributed by atoms with E-state index in [1.165, 1.54) is 0 Å². The average molecular weight is 344 g/mol. The predicted molar refractivity (Wildman–Crippen MR) is 102 cm³/mol. The molecule has 0 bridgehead atoms. The van der Waals surface area contributed by atoms with E-state index in [0.717, 1.165) is 27.7 Å². The first-order valence-electron chi connectivity index (χ1n) is 8.63. The second-order valence-corrected chi connectivity index (χ2v) is 6.39. The van der Waals surface area contributed by atoms with Crippen molar-refractivity contribution in [1.82, 2.24) is 19.9 Å². The Morgan fingerprint density at radius 2 is 2.00 bits per heavy atom. The highest BCUT2D eigenvalue weighted by atomic mass is 16.1. The smallest absolute Gasteiger partial charge is 0.224 e. The number of nitrogens with one attached hydrogen (secondary N) is 2. The van der Waals surface area contributed by atoms with Gasteiger partial charge in [0.05, 0.1) is 18.8 Å². The van der Waals surface area contributed by atoms with Crippen molar-refractivity contribution in [2.24, 2.45) is 0 Å². The molecule has 1 unspecified atom stereocenters. The molecule has 5 nitrogen and oxygen atoms in total. The quantitative estimate of drug-likeness (QED) is 0.579. The van der Waals surface area contributed by atoms with Crippen molar-refractivity contribution in [2.45, 2.75) is 19.4 Å². The van der Waals surface area contributed by atoms with Gasteiger partial charge in [0, 0.05) is 35.2 Å². The lowest BCUT2D eigenvalue weighted by atomic mass is 10.1. The van der Waals surface area contributed by atoms with E-state index in [9.17, 15) is 4.79 Å². The lowest BCUT2D eigenvalue weighted by Gasteiger charge is -2.15. The fourth-order valence-electron chi connectivity index (χ4n) is 3.17. The number of hydrogen-bond acceptors (Lipinski definition) is 2. The topological polar surface area (TPSA) is 62.7 Å². The number of carbonyl (C=O) groups is 1. The molecule has 5 heteroatoms. The molecule has 130 valence electrons. The molecular formula is C21H20N4O. The summed E-state index contributed by atoms with van der Waals surface area (Å²) in [5, 5.41) is 4.18. The zero-order chi connectivity index (χ0) is 17.9. The van der Waals surface area contributed by atoms with E-state index in [4.69, 9.17) is 0 Å². The van der Waals surface area contributed by atoms with Gasteiger partial charge in [0.2, 0.25) is 5.91 Å². The van der Waals surface area contributed by atoms with Crippen molar-refractivity contribution in [3.8, 4) is 5.69 Å². The van der Waals surface area contributed by atoms with Gasteiger partial charge in [-0.05, 0) is 36.2 Å². The van der Waals surface area contributed by atoms with Crippen LogP contribution in [-0.4, -0.2) is 20.4 Å². The van der Waals surface area contributed by atoms with E-state index in [0.29, 0.717) is 6.42 Å². The van der Waals surface area contributed by atoms with Gasteiger partial charge in [-0.15, -0.1) is 0 Å². The maximum absolute atomic E-state index is 12.5. The highest BCUT2D eigenvalue weighted by Gasteiger charge is 2.12. The Hall–Kier alpha value is -3.34. The van der Waals surface area contributed by atoms with Gasteiger partial charge in [-0.2, -0.15) is 0 Å². The predicted octanol–water partition coefficient (Wildman–Crippen LogP) is 3.77. The van der Waals surface area contributed by atoms with Gasteiger partial charge in [-0.1, -0.05) is 30.3 Å². The Morgan fingerprint density at radius 1 is 1.19 bits per heavy atom. The highest BCUT2D eigenvalue weighted by molar-refractivity contribution is 5.88. The van der Waals surface area contributed by atoms with Crippen LogP contribution < -0.4 is 5.32 Å². The van der Waals surface area contributed by atoms with Crippen LogP contribution in [0.15, 0.2) is 73.4 Å². The average Bonchev–Trinajstić information content (AvgIpc) is 3.32. The zero-order valence-corrected chi connectivity index (χ0v) is 14.5. The number of para-hydroxylation sites is 1. The Balaban J connectivity index is 1.42. The minimum Gasteiger partial charge on any atom is -0.361 e. The molecule has 1 amide bonds. The lowest BCUT2D eigenvalue weighted by Crippen LogP contribution is -2.28. The van der Waals surface area contributed by atoms with Crippen LogP contribution in [0.4, 0.5) is 0 Å². The summed E-state index contributed by atoms with van der Waals surface area (Å²) < 4.78 is 1.95. The maximum Gasteiger partial charge on any atom is 0.224 e. The largest absolute Gasteiger partial charge is 0.361 e. The molecule has 1 atom stereocenters. The van der Waals surface area contributed by atoms with Gasteiger partial charge < -0.3 is 14.9 Å². The molecule has 2 aromatic carbocycles. The second-order valence-electron chi connectivity index (χ2n) is 6.39. The van der Waals surface area contributed by atoms with Crippen molar-refractivity contribution >= 4 is 16.8 Å². The molecule has 0 fully saturated rings. The first kappa shape index (κ1) is 16.1. The van der Waals surface area contributed by atoms with E-state index < -0.39 is 0 Å². The number of aromatic nitrogens is 3. The molecule has 0 spiro atoms. The number of carbonyl (C=O) groups excluding carboxylic acids is 1. The van der Waals surface area contributed by atoms with E-state index in [2.05, 4.69) is 15.3 Å². The summed E-state index contributed by atoms with van der Waals surface area (Å²) in [4.78, 5) is 19.7. The minimum absolute atomic E-state index is 0.0148. The summed E-state index contributed by atoms with van der Waals surface area (Å²) in [5.74, 6) is 0.0148. The standard InChI is InChI=1S/C21H20N4O/c1-15(16-6-8-18(9-7-16)25-11-10-22-14-25)24-21(26)12-17-13-23-20-5-3-2-4-19(17)20/h2-11,13-15,23H,12H2,1H3,(H,24,26). The van der Waals surface area contributed by atoms with Crippen LogP contribution in [0.25, 0.3) is 16.6 Å². The summed E-state index contributed by atoms with van der Waals surface area (Å²) >= 11 is 0. The van der Waals surface area contributed by atoms with Gasteiger partial charge in [0.15, 0.2) is 0 Å². The molecule has 0 aliphatic rings. The first-order valence-corrected chi connectivity index (χ1v) is 8.63. The number of imidazole rings is 1. The van der Waals surface area contributed by atoms with Gasteiger partial charge in [0.1, 0.15) is 0 Å². The van der Waals surface area contributed by atoms with Crippen LogP contribution in [0.2, 0.25) is 0 Å². The molecule has 26 heavy (non-hydrogen) atoms. The molecule has 0 radical (unpaired) electrons. The summed E-state index contributed by atoms with van der Waals surface area (Å²) in [7, 11) is 0. The fraction of sp³-hybridized carbons (Fsp3) is 0.143. The summed E-state index contributed by atoms with van der Waals surface area (Å²) in [6.45, 7) is 2.00. The highest BCUT2D eigenvalue weighted by Crippen LogP contribution is 2.19. The minimum atomic E-state index is -0.0513. The van der Waals surface area contributed by atoms with E-state index >= 15 is 0 Å². The van der Waals surface area contributed by atoms with Crippen LogP contribution >= 0.6 is 0 Å². The Labute approximate surface area is 151 Å². The van der Waals surface area contributed by atoms with Crippen molar-refractivity contribution in [3.05, 3.63) is 84.6 Å². The SMILES string of the molecule is CC(NC(=O)Cc1c[nH]c2ccccc12)c1ccc(-n2ccnc2)cc1. The molecule has 4 rings (SSSR count). The normalized spacial score (nSPS) is 12.2. The number of benzene rings is 2. The van der Waals surface area contributed by atoms with Crippen molar-refractivity contribution in [2.75, 3.05) is 0 Å². The van der Waals surface area contributed by atoms with Gasteiger partial charge in [-0.3, -0.25) is 4.79 Å². The first-order chi connectivity index (χ1) is 12.7. The molecule has 4 aromatic rings. The van der Waals surface area contributed by atoms with Gasteiger partial charge in [-0.25, -0.2) is 4.98 Å². The number of fused-ring (bicyclic) bond motifs is 1. The van der Waals surface area contributed by atoms with Crippen molar-refractivity contribution in [1.29, 1.82) is 0 Å². The fourth-order valence-corrected chi connectivity index (χ4v) is 3.17. The Bertz CT molecular complexity index is 1020. The number of nitrogens with zero attached hydrogens (tertiary/aromatic N) is 2. The summed E-state index contributed by atoms with van der Waals surface area (Å²) in [5.41, 5.74) is 4.18. The molecule has 0 saturated carbocycles. The number of rotatable bonds is 5. The third kappa shape index (κ3) is 3.24. The van der Waals surface area contributed by atoms with Crippen molar-refractivity contribution < 1.29 is 4.79 Å². The second kappa shape index (κ2) is 6.88. The molecule has 2 heterocycles. The Morgan fingerprint density at radius 3 is 2.77 bits per heavy atom. The van der Waals surface area contributed by atoms with E-state index in [1.807, 2.05) is 72.4 Å². The summed E-state index contributed by atoms with van der Waals surface area (Å²) in [6, 6.07) is 16.1. The van der Waals surface area contributed by atoms with Crippen LogP contribution in [-0.2, 0) is 11.2 Å². The third-order valence-electron chi connectivity index (χ3n) is 4.60. The van der Waals surface area contributed by atoms with Gasteiger partial charge >= 0.3 is 0 Å². The van der Waals surface area contributed by atoms with Crippen LogP contribution in [0.3, 0.4) is 0 Å². The molecule has 0 aliphatic heterocycles. The maximum atomic E-state index is 12.5. The number of hydrogen-bond donors (Lipinski definition) is 2. The summed E-state index contributed by atoms with van der Waals surface area (Å²) in [6.07, 6.45) is 7.70. The van der Waals surface area contributed by atoms with Crippen LogP contribution in [0.1, 0.15) is 24.1 Å². The Kier molecular flexibility index (Phi) is 4.27. The van der Waals surface area contributed by atoms with Crippen molar-refractivity contribution in [3.63, 3.8) is 0 Å². The molecule has 0 saturated heterocycles. The monoisotopic (exact) mass is 344 g/mol. The lowest BCUT2D eigenvalue weighted by molar-refractivity contribution is -0.121. The van der Waals surface area contributed by atoms with Crippen LogP contribution in [0.5, 0.6) is 0 Å². The molecule has 2 aromatic heterocycles. The zero-order valence-electron chi connectivity index (χ0n) is 14.5. The third-order valence-corrected chi connectivity index (χ3v) is 4.60. The molecule has 2 N–H and O–H groups in total. The number of aromatic amines is 1. The van der Waals surface area contributed by atoms with E-state index in [-0.39, 0.29) is 11.9 Å². The molecule has 0 aliphatic carbocycles. The van der Waals surface area contributed by atoms with Crippen LogP contribution in [0, 0.1) is 0 Å². The van der Waals surface area contributed by atoms with Gasteiger partial charge in [0.25, 0.3) is 0 Å². The van der Waals surface area contributed by atoms with E-state index in [1.54, 1.807) is 12.5 Å². The molecular weight excluding hydrogens is 324 g/mol. The number of H-pyrrole nitrogens is 1.